The van der Waals surface area contributed by atoms with Crippen molar-refractivity contribution in [2.24, 2.45) is 5.41 Å². The molecule has 1 saturated heterocycles. The summed E-state index contributed by atoms with van der Waals surface area (Å²) in [5.74, 6) is 0.338. The van der Waals surface area contributed by atoms with Crippen LogP contribution in [0.4, 0.5) is 0 Å². The second kappa shape index (κ2) is 7.42. The Kier molecular flexibility index (Phi) is 5.78. The highest BCUT2D eigenvalue weighted by Crippen LogP contribution is 2.35. The van der Waals surface area contributed by atoms with Gasteiger partial charge in [0.25, 0.3) is 5.91 Å². The van der Waals surface area contributed by atoms with Gasteiger partial charge in [0, 0.05) is 32.2 Å². The van der Waals surface area contributed by atoms with Crippen LogP contribution in [0.15, 0.2) is 4.52 Å². The molecule has 1 fully saturated rings. The molecule has 0 spiro atoms. The number of ether oxygens (including phenoxy) is 1. The van der Waals surface area contributed by atoms with Crippen molar-refractivity contribution in [1.29, 1.82) is 0 Å². The van der Waals surface area contributed by atoms with Crippen molar-refractivity contribution in [3.05, 3.63) is 17.0 Å². The highest BCUT2D eigenvalue weighted by Gasteiger charge is 2.43. The summed E-state index contributed by atoms with van der Waals surface area (Å²) in [6.45, 7) is 4.62. The van der Waals surface area contributed by atoms with Gasteiger partial charge in [-0.05, 0) is 33.1 Å². The van der Waals surface area contributed by atoms with E-state index in [2.05, 4.69) is 5.16 Å². The zero-order chi connectivity index (χ0) is 17.0. The zero-order valence-corrected chi connectivity index (χ0v) is 14.0. The number of methoxy groups -OCH3 is 1. The molecule has 0 radical (unpaired) electrons. The van der Waals surface area contributed by atoms with Crippen LogP contribution in [0.3, 0.4) is 0 Å². The summed E-state index contributed by atoms with van der Waals surface area (Å²) in [6.07, 6.45) is 1.15. The fourth-order valence-corrected chi connectivity index (χ4v) is 3.32. The topological polar surface area (TPSA) is 96.0 Å². The number of hydrogen-bond acceptors (Lipinski definition) is 6. The summed E-state index contributed by atoms with van der Waals surface area (Å²) < 4.78 is 10.1. The number of aryl methyl sites for hydroxylation is 2. The second-order valence-electron chi connectivity index (χ2n) is 6.35. The van der Waals surface area contributed by atoms with Gasteiger partial charge in [-0.15, -0.1) is 0 Å². The van der Waals surface area contributed by atoms with E-state index in [0.717, 1.165) is 6.42 Å². The Morgan fingerprint density at radius 1 is 1.52 bits per heavy atom. The summed E-state index contributed by atoms with van der Waals surface area (Å²) >= 11 is 0. The standard InChI is InChI=1S/C16H26N2O5/c1-11-14(12(2)23-17-11)15(21)18-7-5-13(20)16(9-18,10-19)6-4-8-22-3/h13,19-20H,4-10H2,1-3H3/t13-,16+/m1/s1. The molecule has 0 aromatic carbocycles. The fraction of sp³-hybridized carbons (Fsp3) is 0.750. The average Bonchev–Trinajstić information content (AvgIpc) is 2.87. The van der Waals surface area contributed by atoms with Crippen LogP contribution in [0.5, 0.6) is 0 Å². The van der Waals surface area contributed by atoms with E-state index in [1.54, 1.807) is 25.9 Å². The van der Waals surface area contributed by atoms with E-state index < -0.39 is 11.5 Å². The van der Waals surface area contributed by atoms with E-state index >= 15 is 0 Å². The molecule has 0 saturated carbocycles. The number of nitrogens with zero attached hydrogens (tertiary/aromatic N) is 2. The molecule has 7 nitrogen and oxygen atoms in total. The van der Waals surface area contributed by atoms with E-state index in [0.29, 0.717) is 49.6 Å². The maximum absolute atomic E-state index is 12.8. The molecule has 2 atom stereocenters. The smallest absolute Gasteiger partial charge is 0.259 e. The summed E-state index contributed by atoms with van der Waals surface area (Å²) in [5.41, 5.74) is 0.337. The van der Waals surface area contributed by atoms with Crippen molar-refractivity contribution in [2.45, 2.75) is 39.2 Å². The van der Waals surface area contributed by atoms with Crippen molar-refractivity contribution in [2.75, 3.05) is 33.4 Å². The van der Waals surface area contributed by atoms with Crippen molar-refractivity contribution >= 4 is 5.91 Å². The Morgan fingerprint density at radius 2 is 2.26 bits per heavy atom. The van der Waals surface area contributed by atoms with Crippen molar-refractivity contribution in [1.82, 2.24) is 10.1 Å². The first-order valence-electron chi connectivity index (χ1n) is 7.95. The Bertz CT molecular complexity index is 525. The summed E-state index contributed by atoms with van der Waals surface area (Å²) in [6, 6.07) is 0. The van der Waals surface area contributed by atoms with E-state index in [9.17, 15) is 15.0 Å². The molecule has 1 aromatic rings. The highest BCUT2D eigenvalue weighted by atomic mass is 16.5. The average molecular weight is 326 g/mol. The van der Waals surface area contributed by atoms with Crippen molar-refractivity contribution in [3.8, 4) is 0 Å². The van der Waals surface area contributed by atoms with Gasteiger partial charge in [0.15, 0.2) is 0 Å². The lowest BCUT2D eigenvalue weighted by Crippen LogP contribution is -2.55. The summed E-state index contributed by atoms with van der Waals surface area (Å²) in [7, 11) is 1.62. The fourth-order valence-electron chi connectivity index (χ4n) is 3.32. The van der Waals surface area contributed by atoms with E-state index in [4.69, 9.17) is 9.26 Å². The summed E-state index contributed by atoms with van der Waals surface area (Å²) in [4.78, 5) is 14.5. The van der Waals surface area contributed by atoms with Crippen LogP contribution in [0.2, 0.25) is 0 Å². The molecule has 2 rings (SSSR count). The maximum Gasteiger partial charge on any atom is 0.259 e. The number of amides is 1. The minimum atomic E-state index is -0.703. The number of carbonyl (C=O) groups excluding carboxylic acids is 1. The Labute approximate surface area is 136 Å². The van der Waals surface area contributed by atoms with Gasteiger partial charge in [-0.25, -0.2) is 0 Å². The lowest BCUT2D eigenvalue weighted by molar-refractivity contribution is -0.0745. The van der Waals surface area contributed by atoms with Crippen LogP contribution < -0.4 is 0 Å². The minimum absolute atomic E-state index is 0.155. The number of rotatable bonds is 6. The molecule has 1 aliphatic heterocycles. The van der Waals surface area contributed by atoms with Crippen molar-refractivity contribution < 1.29 is 24.3 Å². The van der Waals surface area contributed by atoms with E-state index in [1.807, 2.05) is 0 Å². The zero-order valence-electron chi connectivity index (χ0n) is 14.0. The number of aliphatic hydroxyl groups excluding tert-OH is 2. The third kappa shape index (κ3) is 3.57. The van der Waals surface area contributed by atoms with E-state index in [-0.39, 0.29) is 12.5 Å². The normalized spacial score (nSPS) is 24.9. The lowest BCUT2D eigenvalue weighted by Gasteiger charge is -2.45. The van der Waals surface area contributed by atoms with Gasteiger partial charge in [0.2, 0.25) is 0 Å². The van der Waals surface area contributed by atoms with Crippen molar-refractivity contribution in [3.63, 3.8) is 0 Å². The first-order valence-corrected chi connectivity index (χ1v) is 7.95. The van der Waals surface area contributed by atoms with Gasteiger partial charge in [0.05, 0.1) is 18.4 Å². The number of piperidine rings is 1. The maximum atomic E-state index is 12.8. The Morgan fingerprint density at radius 3 is 2.83 bits per heavy atom. The molecule has 0 aliphatic carbocycles. The molecule has 2 heterocycles. The highest BCUT2D eigenvalue weighted by molar-refractivity contribution is 5.96. The molecule has 2 N–H and O–H groups in total. The number of carbonyl (C=O) groups is 1. The number of aromatic nitrogens is 1. The van der Waals surface area contributed by atoms with Gasteiger partial charge < -0.3 is 24.4 Å². The third-order valence-electron chi connectivity index (χ3n) is 4.76. The van der Waals surface area contributed by atoms with Crippen LogP contribution in [-0.4, -0.2) is 65.7 Å². The Balaban J connectivity index is 2.17. The molecule has 1 aliphatic rings. The largest absolute Gasteiger partial charge is 0.396 e. The predicted molar refractivity (Wildman–Crippen MR) is 83.1 cm³/mol. The molecule has 0 unspecified atom stereocenters. The van der Waals surface area contributed by atoms with Crippen LogP contribution in [0.25, 0.3) is 0 Å². The quantitative estimate of drug-likeness (QED) is 0.754. The molecular weight excluding hydrogens is 300 g/mol. The number of likely N-dealkylation sites (tertiary alicyclic amines) is 1. The molecule has 1 aromatic heterocycles. The summed E-state index contributed by atoms with van der Waals surface area (Å²) in [5, 5.41) is 24.1. The Hall–Kier alpha value is -1.44. The van der Waals surface area contributed by atoms with Gasteiger partial charge in [-0.2, -0.15) is 0 Å². The predicted octanol–water partition coefficient (Wildman–Crippen LogP) is 0.904. The molecule has 130 valence electrons. The first-order chi connectivity index (χ1) is 10.9. The molecular formula is C16H26N2O5. The van der Waals surface area contributed by atoms with Gasteiger partial charge >= 0.3 is 0 Å². The molecule has 0 bridgehead atoms. The number of aliphatic hydroxyl groups is 2. The third-order valence-corrected chi connectivity index (χ3v) is 4.76. The monoisotopic (exact) mass is 326 g/mol. The lowest BCUT2D eigenvalue weighted by atomic mass is 9.74. The van der Waals surface area contributed by atoms with Gasteiger partial charge in [0.1, 0.15) is 11.3 Å². The molecule has 1 amide bonds. The molecule has 23 heavy (non-hydrogen) atoms. The van der Waals surface area contributed by atoms with Gasteiger partial charge in [-0.1, -0.05) is 5.16 Å². The molecule has 7 heteroatoms. The van der Waals surface area contributed by atoms with Crippen LogP contribution in [0.1, 0.15) is 41.1 Å². The minimum Gasteiger partial charge on any atom is -0.396 e. The van der Waals surface area contributed by atoms with Crippen LogP contribution in [-0.2, 0) is 4.74 Å². The van der Waals surface area contributed by atoms with Gasteiger partial charge in [-0.3, -0.25) is 4.79 Å². The van der Waals surface area contributed by atoms with Crippen LogP contribution in [0, 0.1) is 19.3 Å². The first kappa shape index (κ1) is 17.9. The number of hydrogen-bond donors (Lipinski definition) is 2. The SMILES string of the molecule is COCCC[C@@]1(CO)CN(C(=O)c2c(C)noc2C)CC[C@H]1O. The second-order valence-corrected chi connectivity index (χ2v) is 6.35. The van der Waals surface area contributed by atoms with Crippen LogP contribution >= 0.6 is 0 Å². The van der Waals surface area contributed by atoms with E-state index in [1.165, 1.54) is 0 Å².